The smallest absolute Gasteiger partial charge is 0.312 e. The lowest BCUT2D eigenvalue weighted by Crippen LogP contribution is -2.59. The van der Waals surface area contributed by atoms with Gasteiger partial charge in [0, 0.05) is 5.92 Å². The minimum absolute atomic E-state index is 0.000240. The molecule has 5 rings (SSSR count). The molecule has 11 atom stereocenters. The largest absolute Gasteiger partial charge is 0.457 e. The second kappa shape index (κ2) is 8.53. The van der Waals surface area contributed by atoms with Crippen molar-refractivity contribution in [3.63, 3.8) is 0 Å². The van der Waals surface area contributed by atoms with E-state index < -0.39 is 37.3 Å². The summed E-state index contributed by atoms with van der Waals surface area (Å²) in [6, 6.07) is 0. The maximum absolute atomic E-state index is 12.8. The molecule has 8 nitrogen and oxygen atoms in total. The average Bonchev–Trinajstić information content (AvgIpc) is 3.04. The van der Waals surface area contributed by atoms with Gasteiger partial charge in [-0.2, -0.15) is 0 Å². The van der Waals surface area contributed by atoms with E-state index in [2.05, 4.69) is 26.8 Å². The molecule has 0 aromatic rings. The number of fused-ring (bicyclic) bond motifs is 2. The Morgan fingerprint density at radius 3 is 2.59 bits per heavy atom. The third-order valence-corrected chi connectivity index (χ3v) is 9.97. The van der Waals surface area contributed by atoms with Gasteiger partial charge in [-0.15, -0.1) is 0 Å². The number of allylic oxidation sites excluding steroid dienone is 1. The topological polar surface area (TPSA) is 126 Å². The van der Waals surface area contributed by atoms with Gasteiger partial charge in [0.25, 0.3) is 0 Å². The molecular weight excluding hydrogens is 440 g/mol. The third-order valence-electron chi connectivity index (χ3n) is 9.97. The number of hydrogen-bond acceptors (Lipinski definition) is 8. The molecule has 0 bridgehead atoms. The number of ether oxygens (including phenoxy) is 3. The zero-order valence-corrected chi connectivity index (χ0v) is 20.5. The fourth-order valence-electron chi connectivity index (χ4n) is 8.05. The van der Waals surface area contributed by atoms with E-state index in [1.165, 1.54) is 5.57 Å². The Hall–Kier alpha value is -1.03. The molecule has 8 heteroatoms. The van der Waals surface area contributed by atoms with E-state index in [-0.39, 0.29) is 34.2 Å². The van der Waals surface area contributed by atoms with Crippen LogP contribution in [0.25, 0.3) is 0 Å². The van der Waals surface area contributed by atoms with Gasteiger partial charge in [0.1, 0.15) is 30.5 Å². The van der Waals surface area contributed by atoms with Crippen LogP contribution in [0.4, 0.5) is 0 Å². The van der Waals surface area contributed by atoms with Crippen LogP contribution in [0.2, 0.25) is 0 Å². The van der Waals surface area contributed by atoms with Crippen molar-refractivity contribution in [2.45, 2.75) is 103 Å². The number of hydrogen-bond donors (Lipinski definition) is 4. The van der Waals surface area contributed by atoms with Crippen LogP contribution in [0.15, 0.2) is 11.6 Å². The fraction of sp³-hybridized carbons (Fsp3) is 0.885. The number of aliphatic hydroxyl groups is 4. The molecule has 5 aliphatic rings. The van der Waals surface area contributed by atoms with Gasteiger partial charge in [-0.05, 0) is 68.3 Å². The normalized spacial score (nSPS) is 52.4. The Morgan fingerprint density at radius 1 is 1.09 bits per heavy atom. The molecule has 0 aromatic heterocycles. The van der Waals surface area contributed by atoms with Crippen molar-refractivity contribution in [2.75, 3.05) is 13.2 Å². The first-order valence-electron chi connectivity index (χ1n) is 12.9. The molecule has 0 amide bonds. The highest BCUT2D eigenvalue weighted by atomic mass is 16.7. The van der Waals surface area contributed by atoms with Gasteiger partial charge < -0.3 is 34.6 Å². The molecule has 2 aliphatic heterocycles. The summed E-state index contributed by atoms with van der Waals surface area (Å²) in [5.74, 6) is 0.704. The van der Waals surface area contributed by atoms with Crippen molar-refractivity contribution < 1.29 is 39.4 Å². The second-order valence-electron chi connectivity index (χ2n) is 12.3. The molecular formula is C26H40O8. The summed E-state index contributed by atoms with van der Waals surface area (Å²) in [5.41, 5.74) is 1.13. The lowest BCUT2D eigenvalue weighted by molar-refractivity contribution is -0.302. The van der Waals surface area contributed by atoms with E-state index in [1.54, 1.807) is 0 Å². The van der Waals surface area contributed by atoms with Gasteiger partial charge in [-0.1, -0.05) is 25.8 Å². The lowest BCUT2D eigenvalue weighted by Gasteiger charge is -2.57. The van der Waals surface area contributed by atoms with E-state index in [1.807, 2.05) is 0 Å². The molecule has 3 aliphatic carbocycles. The van der Waals surface area contributed by atoms with Gasteiger partial charge >= 0.3 is 5.97 Å². The number of carbonyl (C=O) groups excluding carboxylic acids is 1. The molecule has 2 saturated heterocycles. The standard InChI is InChI=1S/C26H40O8/c1-24(9-10-32-22-20(30)19(29)18(28)17(13-27)33-22)8-5-15-14(12-24)11-16-21-25(15,2)6-4-7-26(21,3)23(31)34-16/h11,15-22,27-30H,4-10,12-13H2,1-3H3/t15-,16+,17+,18+,19-,20-,21+,22-,24+,25+,26-/m0/s1. The molecule has 0 aromatic carbocycles. The van der Waals surface area contributed by atoms with Crippen molar-refractivity contribution in [1.82, 2.24) is 0 Å². The molecule has 34 heavy (non-hydrogen) atoms. The van der Waals surface area contributed by atoms with E-state index >= 15 is 0 Å². The number of esters is 1. The quantitative estimate of drug-likeness (QED) is 0.346. The maximum Gasteiger partial charge on any atom is 0.312 e. The molecule has 4 fully saturated rings. The Bertz CT molecular complexity index is 843. The van der Waals surface area contributed by atoms with Crippen LogP contribution in [0.3, 0.4) is 0 Å². The van der Waals surface area contributed by atoms with E-state index in [0.29, 0.717) is 12.5 Å². The van der Waals surface area contributed by atoms with Gasteiger partial charge in [0.2, 0.25) is 0 Å². The molecule has 0 spiro atoms. The molecule has 4 N–H and O–H groups in total. The van der Waals surface area contributed by atoms with Crippen LogP contribution in [0.1, 0.15) is 65.7 Å². The summed E-state index contributed by atoms with van der Waals surface area (Å²) < 4.78 is 17.2. The number of rotatable bonds is 5. The van der Waals surface area contributed by atoms with Crippen LogP contribution >= 0.6 is 0 Å². The summed E-state index contributed by atoms with van der Waals surface area (Å²) in [6.07, 6.45) is 2.78. The van der Waals surface area contributed by atoms with Crippen molar-refractivity contribution in [3.8, 4) is 0 Å². The van der Waals surface area contributed by atoms with Crippen LogP contribution in [0.5, 0.6) is 0 Å². The summed E-state index contributed by atoms with van der Waals surface area (Å²) >= 11 is 0. The van der Waals surface area contributed by atoms with Crippen molar-refractivity contribution >= 4 is 5.97 Å². The third kappa shape index (κ3) is 3.68. The van der Waals surface area contributed by atoms with Crippen molar-refractivity contribution in [2.24, 2.45) is 28.1 Å². The molecule has 0 radical (unpaired) electrons. The summed E-state index contributed by atoms with van der Waals surface area (Å²) in [4.78, 5) is 12.8. The fourth-order valence-corrected chi connectivity index (χ4v) is 8.05. The Balaban J connectivity index is 1.26. The Labute approximate surface area is 201 Å². The van der Waals surface area contributed by atoms with Crippen molar-refractivity contribution in [1.29, 1.82) is 0 Å². The molecule has 192 valence electrons. The lowest BCUT2D eigenvalue weighted by atomic mass is 9.45. The number of aliphatic hydroxyl groups excluding tert-OH is 4. The SMILES string of the molecule is C[C@]1(CCO[C@H]2O[C@H](CO)[C@@H](O)[C@H](O)[C@@H]2O)CC[C@H]2C(=C[C@H]3OC(=O)[C@@]4(C)CCC[C@@]2(C)[C@@H]34)C1. The summed E-state index contributed by atoms with van der Waals surface area (Å²) in [6.45, 7) is 6.60. The highest BCUT2D eigenvalue weighted by Gasteiger charge is 2.66. The zero-order valence-electron chi connectivity index (χ0n) is 20.5. The van der Waals surface area contributed by atoms with Gasteiger partial charge in [0.05, 0.1) is 18.6 Å². The van der Waals surface area contributed by atoms with Gasteiger partial charge in [-0.3, -0.25) is 4.79 Å². The molecule has 2 heterocycles. The molecule has 0 unspecified atom stereocenters. The number of carbonyl (C=O) groups is 1. The highest BCUT2D eigenvalue weighted by Crippen LogP contribution is 2.66. The Morgan fingerprint density at radius 2 is 1.85 bits per heavy atom. The van der Waals surface area contributed by atoms with Crippen molar-refractivity contribution in [3.05, 3.63) is 11.6 Å². The predicted octanol–water partition coefficient (Wildman–Crippen LogP) is 1.68. The predicted molar refractivity (Wildman–Crippen MR) is 121 cm³/mol. The van der Waals surface area contributed by atoms with E-state index in [0.717, 1.165) is 44.9 Å². The monoisotopic (exact) mass is 480 g/mol. The second-order valence-corrected chi connectivity index (χ2v) is 12.3. The minimum Gasteiger partial charge on any atom is -0.457 e. The first-order chi connectivity index (χ1) is 16.0. The summed E-state index contributed by atoms with van der Waals surface area (Å²) in [5, 5.41) is 39.5. The van der Waals surface area contributed by atoms with Crippen LogP contribution in [0, 0.1) is 28.1 Å². The van der Waals surface area contributed by atoms with Gasteiger partial charge in [0.15, 0.2) is 6.29 Å². The van der Waals surface area contributed by atoms with E-state index in [4.69, 9.17) is 14.2 Å². The Kier molecular flexibility index (Phi) is 6.18. The average molecular weight is 481 g/mol. The maximum atomic E-state index is 12.8. The first kappa shape index (κ1) is 24.7. The van der Waals surface area contributed by atoms with Crippen LogP contribution in [-0.4, -0.2) is 76.4 Å². The summed E-state index contributed by atoms with van der Waals surface area (Å²) in [7, 11) is 0. The zero-order chi connectivity index (χ0) is 24.5. The van der Waals surface area contributed by atoms with Crippen LogP contribution < -0.4 is 0 Å². The first-order valence-corrected chi connectivity index (χ1v) is 12.9. The van der Waals surface area contributed by atoms with Gasteiger partial charge in [-0.25, -0.2) is 0 Å². The molecule has 2 saturated carbocycles. The van der Waals surface area contributed by atoms with Crippen LogP contribution in [-0.2, 0) is 19.0 Å². The highest BCUT2D eigenvalue weighted by molar-refractivity contribution is 5.80. The van der Waals surface area contributed by atoms with E-state index in [9.17, 15) is 25.2 Å². The minimum atomic E-state index is -1.43.